The molecule has 13 heteroatoms. The molecule has 0 bridgehead atoms. The lowest BCUT2D eigenvalue weighted by Gasteiger charge is -2.20. The van der Waals surface area contributed by atoms with Crippen molar-refractivity contribution in [1.29, 1.82) is 0 Å². The Morgan fingerprint density at radius 2 is 1.89 bits per heavy atom. The number of nitro benzene ring substituents is 1. The number of nitrogens with one attached hydrogen (secondary N) is 1. The topological polar surface area (TPSA) is 127 Å². The van der Waals surface area contributed by atoms with Gasteiger partial charge < -0.3 is 0 Å². The van der Waals surface area contributed by atoms with Crippen molar-refractivity contribution in [3.8, 4) is 0 Å². The molecular formula is C15H13ClFN3O6S2. The number of benzene rings is 2. The summed E-state index contributed by atoms with van der Waals surface area (Å²) < 4.78 is 67.2. The second-order valence-electron chi connectivity index (χ2n) is 5.82. The summed E-state index contributed by atoms with van der Waals surface area (Å²) in [6.45, 7) is -0.0829. The third kappa shape index (κ3) is 3.32. The van der Waals surface area contributed by atoms with Crippen LogP contribution in [0.2, 0.25) is 5.02 Å². The number of sulfonamides is 2. The summed E-state index contributed by atoms with van der Waals surface area (Å²) in [5, 5.41) is 10.3. The Morgan fingerprint density at radius 1 is 1.21 bits per heavy atom. The van der Waals surface area contributed by atoms with Gasteiger partial charge in [0.05, 0.1) is 20.5 Å². The fraction of sp³-hybridized carbons (Fsp3) is 0.200. The van der Waals surface area contributed by atoms with Crippen LogP contribution >= 0.6 is 11.6 Å². The maximum absolute atomic E-state index is 14.4. The van der Waals surface area contributed by atoms with Gasteiger partial charge in [-0.15, -0.1) is 0 Å². The first-order chi connectivity index (χ1) is 13.0. The van der Waals surface area contributed by atoms with Gasteiger partial charge in [-0.3, -0.25) is 14.4 Å². The van der Waals surface area contributed by atoms with Crippen LogP contribution in [-0.4, -0.2) is 35.4 Å². The number of nitro groups is 1. The van der Waals surface area contributed by atoms with Crippen molar-refractivity contribution in [2.45, 2.75) is 16.2 Å². The summed E-state index contributed by atoms with van der Waals surface area (Å²) in [5.74, 6) is -1.30. The maximum Gasteiger partial charge on any atom is 0.272 e. The van der Waals surface area contributed by atoms with E-state index in [1.165, 1.54) is 25.2 Å². The summed E-state index contributed by atoms with van der Waals surface area (Å²) in [7, 11) is -6.99. The SMILES string of the molecule is CNS(=O)(=O)c1ccc2c(c1)CCN2S(=O)(=O)c1cc([N+](=O)[O-])cc(Cl)c1F. The molecule has 3 rings (SSSR count). The normalized spacial score (nSPS) is 14.2. The van der Waals surface area contributed by atoms with Crippen molar-refractivity contribution in [3.63, 3.8) is 0 Å². The Hall–Kier alpha value is -2.28. The molecule has 0 saturated carbocycles. The van der Waals surface area contributed by atoms with Gasteiger partial charge in [0.25, 0.3) is 15.7 Å². The Kier molecular flexibility index (Phi) is 5.08. The quantitative estimate of drug-likeness (QED) is 0.549. The van der Waals surface area contributed by atoms with Gasteiger partial charge in [-0.05, 0) is 37.2 Å². The molecule has 1 aliphatic heterocycles. The van der Waals surface area contributed by atoms with Crippen molar-refractivity contribution >= 4 is 43.0 Å². The predicted octanol–water partition coefficient (Wildman–Crippen LogP) is 2.05. The molecule has 1 N–H and O–H groups in total. The lowest BCUT2D eigenvalue weighted by molar-refractivity contribution is -0.385. The standard InChI is InChI=1S/C15H13ClFN3O6S2/c1-18-27(23,24)11-2-3-13-9(6-11)4-5-19(13)28(25,26)14-8-10(20(21)22)7-12(16)15(14)17/h2-3,6-8,18H,4-5H2,1H3. The lowest BCUT2D eigenvalue weighted by Crippen LogP contribution is -2.30. The zero-order chi connectivity index (χ0) is 20.9. The zero-order valence-electron chi connectivity index (χ0n) is 14.2. The van der Waals surface area contributed by atoms with E-state index in [4.69, 9.17) is 11.6 Å². The number of hydrogen-bond donors (Lipinski definition) is 1. The minimum Gasteiger partial charge on any atom is -0.266 e. The van der Waals surface area contributed by atoms with Crippen LogP contribution < -0.4 is 9.03 Å². The van der Waals surface area contributed by atoms with E-state index < -0.39 is 46.4 Å². The van der Waals surface area contributed by atoms with Crippen LogP contribution in [0.5, 0.6) is 0 Å². The van der Waals surface area contributed by atoms with Gasteiger partial charge in [0.1, 0.15) is 4.90 Å². The molecule has 2 aromatic rings. The van der Waals surface area contributed by atoms with E-state index in [0.29, 0.717) is 11.6 Å². The van der Waals surface area contributed by atoms with Crippen LogP contribution in [0.1, 0.15) is 5.56 Å². The second kappa shape index (κ2) is 6.95. The molecule has 0 atom stereocenters. The van der Waals surface area contributed by atoms with E-state index >= 15 is 0 Å². The fourth-order valence-corrected chi connectivity index (χ4v) is 5.51. The van der Waals surface area contributed by atoms with E-state index in [9.17, 15) is 31.3 Å². The van der Waals surface area contributed by atoms with Crippen LogP contribution in [0.3, 0.4) is 0 Å². The number of anilines is 1. The van der Waals surface area contributed by atoms with Crippen molar-refractivity contribution in [1.82, 2.24) is 4.72 Å². The molecular weight excluding hydrogens is 437 g/mol. The molecule has 0 aliphatic carbocycles. The van der Waals surface area contributed by atoms with E-state index in [1.54, 1.807) is 0 Å². The molecule has 0 aromatic heterocycles. The number of nitrogens with zero attached hydrogens (tertiary/aromatic N) is 2. The average molecular weight is 450 g/mol. The first-order valence-corrected chi connectivity index (χ1v) is 11.0. The monoisotopic (exact) mass is 449 g/mol. The van der Waals surface area contributed by atoms with E-state index in [2.05, 4.69) is 4.72 Å². The Bertz CT molecular complexity index is 1200. The van der Waals surface area contributed by atoms with Gasteiger partial charge in [-0.25, -0.2) is 25.9 Å². The number of halogens is 2. The van der Waals surface area contributed by atoms with Gasteiger partial charge >= 0.3 is 0 Å². The molecule has 9 nitrogen and oxygen atoms in total. The number of hydrogen-bond acceptors (Lipinski definition) is 6. The molecule has 150 valence electrons. The first kappa shape index (κ1) is 20.5. The highest BCUT2D eigenvalue weighted by Crippen LogP contribution is 2.37. The van der Waals surface area contributed by atoms with E-state index in [-0.39, 0.29) is 23.5 Å². The third-order valence-electron chi connectivity index (χ3n) is 4.24. The van der Waals surface area contributed by atoms with Crippen molar-refractivity contribution in [3.05, 3.63) is 56.8 Å². The van der Waals surface area contributed by atoms with Gasteiger partial charge in [0.15, 0.2) is 5.82 Å². The van der Waals surface area contributed by atoms with Gasteiger partial charge in [0.2, 0.25) is 10.0 Å². The lowest BCUT2D eigenvalue weighted by atomic mass is 10.2. The minimum absolute atomic E-state index is 0.0439. The first-order valence-electron chi connectivity index (χ1n) is 7.71. The summed E-state index contributed by atoms with van der Waals surface area (Å²) in [6.07, 6.45) is 0.186. The maximum atomic E-state index is 14.4. The van der Waals surface area contributed by atoms with Crippen LogP contribution in [0.25, 0.3) is 0 Å². The molecule has 0 amide bonds. The summed E-state index contributed by atoms with van der Waals surface area (Å²) >= 11 is 5.63. The van der Waals surface area contributed by atoms with Crippen LogP contribution in [0, 0.1) is 15.9 Å². The van der Waals surface area contributed by atoms with Crippen molar-refractivity contribution < 1.29 is 26.1 Å². The van der Waals surface area contributed by atoms with Crippen LogP contribution in [0.4, 0.5) is 15.8 Å². The molecule has 28 heavy (non-hydrogen) atoms. The van der Waals surface area contributed by atoms with Crippen LogP contribution in [0.15, 0.2) is 40.1 Å². The summed E-state index contributed by atoms with van der Waals surface area (Å²) in [5.41, 5.74) is -0.0752. The van der Waals surface area contributed by atoms with Crippen molar-refractivity contribution in [2.24, 2.45) is 0 Å². The van der Waals surface area contributed by atoms with E-state index in [1.807, 2.05) is 0 Å². The predicted molar refractivity (Wildman–Crippen MR) is 99.0 cm³/mol. The highest BCUT2D eigenvalue weighted by Gasteiger charge is 2.35. The smallest absolute Gasteiger partial charge is 0.266 e. The molecule has 1 heterocycles. The van der Waals surface area contributed by atoms with E-state index in [0.717, 1.165) is 10.4 Å². The molecule has 0 unspecified atom stereocenters. The Balaban J connectivity index is 2.11. The molecule has 0 spiro atoms. The summed E-state index contributed by atoms with van der Waals surface area (Å²) in [6, 6.07) is 5.17. The highest BCUT2D eigenvalue weighted by molar-refractivity contribution is 7.93. The Labute approximate surface area is 165 Å². The largest absolute Gasteiger partial charge is 0.272 e. The minimum atomic E-state index is -4.51. The van der Waals surface area contributed by atoms with Crippen LogP contribution in [-0.2, 0) is 26.5 Å². The molecule has 1 aliphatic rings. The zero-order valence-corrected chi connectivity index (χ0v) is 16.6. The fourth-order valence-electron chi connectivity index (χ4n) is 2.84. The average Bonchev–Trinajstić information content (AvgIpc) is 3.07. The van der Waals surface area contributed by atoms with Crippen molar-refractivity contribution in [2.75, 3.05) is 17.9 Å². The number of non-ortho nitro benzene ring substituents is 1. The molecule has 0 fully saturated rings. The van der Waals surface area contributed by atoms with Gasteiger partial charge in [-0.1, -0.05) is 11.6 Å². The number of rotatable bonds is 5. The Morgan fingerprint density at radius 3 is 2.50 bits per heavy atom. The summed E-state index contributed by atoms with van der Waals surface area (Å²) in [4.78, 5) is 9.13. The van der Waals surface area contributed by atoms with Gasteiger partial charge in [-0.2, -0.15) is 0 Å². The molecule has 2 aromatic carbocycles. The second-order valence-corrected chi connectivity index (χ2v) is 9.95. The molecule has 0 saturated heterocycles. The highest BCUT2D eigenvalue weighted by atomic mass is 35.5. The van der Waals surface area contributed by atoms with Gasteiger partial charge in [0, 0.05) is 18.7 Å². The molecule has 0 radical (unpaired) electrons. The third-order valence-corrected chi connectivity index (χ3v) is 7.74. The number of fused-ring (bicyclic) bond motifs is 1.